The second-order valence-corrected chi connectivity index (χ2v) is 8.62. The Hall–Kier alpha value is -0.940. The molecule has 0 radical (unpaired) electrons. The third-order valence-corrected chi connectivity index (χ3v) is 3.39. The molecule has 144 valence electrons. The first-order valence-corrected chi connectivity index (χ1v) is 9.28. The van der Waals surface area contributed by atoms with Gasteiger partial charge in [-0.2, -0.15) is 0 Å². The average Bonchev–Trinajstić information content (AvgIpc) is 2.51. The van der Waals surface area contributed by atoms with Gasteiger partial charge in [-0.25, -0.2) is 19.6 Å². The van der Waals surface area contributed by atoms with E-state index in [1.54, 1.807) is 0 Å². The first-order chi connectivity index (χ1) is 11.6. The Balaban J connectivity index is 2.46. The van der Waals surface area contributed by atoms with E-state index in [1.165, 1.54) is 5.56 Å². The van der Waals surface area contributed by atoms with Crippen LogP contribution >= 0.6 is 0 Å². The van der Waals surface area contributed by atoms with Gasteiger partial charge in [0.05, 0.1) is 23.4 Å². The molecule has 0 heterocycles. The molecule has 0 aliphatic heterocycles. The van der Waals surface area contributed by atoms with Gasteiger partial charge in [0.25, 0.3) is 0 Å². The second-order valence-electron chi connectivity index (χ2n) is 8.62. The maximum absolute atomic E-state index is 5.73. The van der Waals surface area contributed by atoms with Gasteiger partial charge < -0.3 is 0 Å². The van der Waals surface area contributed by atoms with Crippen molar-refractivity contribution < 1.29 is 19.6 Å². The highest BCUT2D eigenvalue weighted by atomic mass is 17.2. The number of aryl methyl sites for hydroxylation is 1. The van der Waals surface area contributed by atoms with Crippen LogP contribution in [0.3, 0.4) is 0 Å². The summed E-state index contributed by atoms with van der Waals surface area (Å²) in [5.74, 6) is 0. The molecule has 0 bridgehead atoms. The summed E-state index contributed by atoms with van der Waals surface area (Å²) in [6.45, 7) is 13.9. The van der Waals surface area contributed by atoms with Crippen molar-refractivity contribution in [2.45, 2.75) is 97.6 Å². The molecule has 4 nitrogen and oxygen atoms in total. The van der Waals surface area contributed by atoms with E-state index in [0.29, 0.717) is 0 Å². The molecule has 1 rings (SSSR count). The molecule has 0 saturated heterocycles. The van der Waals surface area contributed by atoms with Crippen molar-refractivity contribution in [3.05, 3.63) is 35.9 Å². The van der Waals surface area contributed by atoms with Crippen molar-refractivity contribution >= 4 is 0 Å². The molecule has 1 aromatic carbocycles. The van der Waals surface area contributed by atoms with Crippen molar-refractivity contribution in [1.82, 2.24) is 0 Å². The topological polar surface area (TPSA) is 36.9 Å². The highest BCUT2D eigenvalue weighted by Crippen LogP contribution is 2.19. The van der Waals surface area contributed by atoms with E-state index in [0.717, 1.165) is 25.7 Å². The van der Waals surface area contributed by atoms with E-state index < -0.39 is 0 Å². The van der Waals surface area contributed by atoms with E-state index in [2.05, 4.69) is 24.3 Å². The Kier molecular flexibility index (Phi) is 9.08. The quantitative estimate of drug-likeness (QED) is 0.403. The third kappa shape index (κ3) is 12.1. The average molecular weight is 353 g/mol. The fraction of sp³-hybridized carbons (Fsp3) is 0.714. The number of hydrogen-bond donors (Lipinski definition) is 0. The number of benzene rings is 1. The Labute approximate surface area is 153 Å². The summed E-state index contributed by atoms with van der Waals surface area (Å²) >= 11 is 0. The Morgan fingerprint density at radius 2 is 1.32 bits per heavy atom. The molecule has 0 aliphatic carbocycles. The Morgan fingerprint density at radius 3 is 1.88 bits per heavy atom. The van der Waals surface area contributed by atoms with Crippen molar-refractivity contribution in [1.29, 1.82) is 0 Å². The van der Waals surface area contributed by atoms with Gasteiger partial charge >= 0.3 is 0 Å². The standard InChI is InChI=1S/C21H36O4/c1-17(22-24-20(2,3)4)13-15-19(23-25-21(5,6)7)16-14-18-11-9-8-10-12-18/h8-12,17,19H,13-16H2,1-7H3. The minimum absolute atomic E-state index is 0.0108. The summed E-state index contributed by atoms with van der Waals surface area (Å²) in [5.41, 5.74) is 0.696. The predicted molar refractivity (Wildman–Crippen MR) is 101 cm³/mol. The molecule has 0 N–H and O–H groups in total. The van der Waals surface area contributed by atoms with Crippen molar-refractivity contribution in [2.75, 3.05) is 0 Å². The molecule has 25 heavy (non-hydrogen) atoms. The smallest absolute Gasteiger partial charge is 0.0952 e. The molecular weight excluding hydrogens is 316 g/mol. The molecule has 4 heteroatoms. The molecule has 0 aromatic heterocycles. The molecular formula is C21H36O4. The molecule has 2 atom stereocenters. The van der Waals surface area contributed by atoms with Crippen LogP contribution in [0.5, 0.6) is 0 Å². The molecule has 2 unspecified atom stereocenters. The molecule has 0 saturated carbocycles. The van der Waals surface area contributed by atoms with Crippen LogP contribution in [0.2, 0.25) is 0 Å². The van der Waals surface area contributed by atoms with E-state index in [9.17, 15) is 0 Å². The van der Waals surface area contributed by atoms with Crippen LogP contribution in [-0.2, 0) is 26.0 Å². The van der Waals surface area contributed by atoms with Gasteiger partial charge in [-0.15, -0.1) is 0 Å². The summed E-state index contributed by atoms with van der Waals surface area (Å²) in [5, 5.41) is 0. The Bertz CT molecular complexity index is 459. The minimum atomic E-state index is -0.317. The van der Waals surface area contributed by atoms with Crippen molar-refractivity contribution in [3.63, 3.8) is 0 Å². The van der Waals surface area contributed by atoms with Gasteiger partial charge in [-0.05, 0) is 79.7 Å². The summed E-state index contributed by atoms with van der Waals surface area (Å²) < 4.78 is 0. The van der Waals surface area contributed by atoms with E-state index in [4.69, 9.17) is 19.6 Å². The third-order valence-electron chi connectivity index (χ3n) is 3.39. The van der Waals surface area contributed by atoms with Crippen LogP contribution in [-0.4, -0.2) is 23.4 Å². The lowest BCUT2D eigenvalue weighted by Crippen LogP contribution is -2.26. The fourth-order valence-corrected chi connectivity index (χ4v) is 2.12. The maximum Gasteiger partial charge on any atom is 0.0952 e. The zero-order chi connectivity index (χ0) is 18.9. The lowest BCUT2D eigenvalue weighted by molar-refractivity contribution is -0.382. The monoisotopic (exact) mass is 352 g/mol. The molecule has 0 spiro atoms. The fourth-order valence-electron chi connectivity index (χ4n) is 2.12. The largest absolute Gasteiger partial charge is 0.233 e. The van der Waals surface area contributed by atoms with Gasteiger partial charge in [-0.1, -0.05) is 30.3 Å². The first-order valence-electron chi connectivity index (χ1n) is 9.28. The summed E-state index contributed by atoms with van der Waals surface area (Å²) in [6.07, 6.45) is 3.62. The first kappa shape index (κ1) is 22.1. The highest BCUT2D eigenvalue weighted by molar-refractivity contribution is 5.14. The van der Waals surface area contributed by atoms with Crippen LogP contribution in [0.4, 0.5) is 0 Å². The van der Waals surface area contributed by atoms with Crippen LogP contribution in [0.15, 0.2) is 30.3 Å². The molecule has 0 aliphatic rings. The molecule has 0 fully saturated rings. The second kappa shape index (κ2) is 10.3. The van der Waals surface area contributed by atoms with E-state index in [-0.39, 0.29) is 23.4 Å². The lowest BCUT2D eigenvalue weighted by Gasteiger charge is -2.25. The van der Waals surface area contributed by atoms with E-state index in [1.807, 2.05) is 54.5 Å². The SMILES string of the molecule is CC(CCC(CCc1ccccc1)OOC(C)(C)C)OOC(C)(C)C. The van der Waals surface area contributed by atoms with Crippen molar-refractivity contribution in [3.8, 4) is 0 Å². The summed E-state index contributed by atoms with van der Waals surface area (Å²) in [4.78, 5) is 22.1. The van der Waals surface area contributed by atoms with Crippen LogP contribution < -0.4 is 0 Å². The Morgan fingerprint density at radius 1 is 0.760 bits per heavy atom. The summed E-state index contributed by atoms with van der Waals surface area (Å²) in [7, 11) is 0. The van der Waals surface area contributed by atoms with Crippen LogP contribution in [0.1, 0.15) is 73.3 Å². The maximum atomic E-state index is 5.73. The zero-order valence-corrected chi connectivity index (χ0v) is 17.0. The lowest BCUT2D eigenvalue weighted by atomic mass is 10.0. The normalized spacial score (nSPS) is 15.2. The van der Waals surface area contributed by atoms with Gasteiger partial charge in [0, 0.05) is 0 Å². The number of rotatable bonds is 10. The molecule has 1 aromatic rings. The van der Waals surface area contributed by atoms with Crippen LogP contribution in [0, 0.1) is 0 Å². The minimum Gasteiger partial charge on any atom is -0.233 e. The molecule has 0 amide bonds. The van der Waals surface area contributed by atoms with Gasteiger partial charge in [0.15, 0.2) is 0 Å². The van der Waals surface area contributed by atoms with Gasteiger partial charge in [0.2, 0.25) is 0 Å². The van der Waals surface area contributed by atoms with Crippen molar-refractivity contribution in [2.24, 2.45) is 0 Å². The van der Waals surface area contributed by atoms with Gasteiger partial charge in [0.1, 0.15) is 0 Å². The summed E-state index contributed by atoms with van der Waals surface area (Å²) in [6, 6.07) is 10.5. The highest BCUT2D eigenvalue weighted by Gasteiger charge is 2.20. The van der Waals surface area contributed by atoms with E-state index >= 15 is 0 Å². The predicted octanol–water partition coefficient (Wildman–Crippen LogP) is 5.65. The van der Waals surface area contributed by atoms with Crippen LogP contribution in [0.25, 0.3) is 0 Å². The van der Waals surface area contributed by atoms with Gasteiger partial charge in [-0.3, -0.25) is 0 Å². The zero-order valence-electron chi connectivity index (χ0n) is 17.0. The number of hydrogen-bond acceptors (Lipinski definition) is 4.